The van der Waals surface area contributed by atoms with Crippen LogP contribution in [0.4, 0.5) is 0 Å². The average molecular weight is 214 g/mol. The minimum Gasteiger partial charge on any atom is -0.483 e. The zero-order valence-electron chi connectivity index (χ0n) is 8.61. The number of unbranched alkanes of at least 4 members (excludes halogenated alkanes) is 3. The summed E-state index contributed by atoms with van der Waals surface area (Å²) in [7, 11) is 0. The molecule has 14 heavy (non-hydrogen) atoms. The third kappa shape index (κ3) is 7.80. The molecule has 0 bridgehead atoms. The second kappa shape index (κ2) is 10.3. The summed E-state index contributed by atoms with van der Waals surface area (Å²) < 4.78 is 0. The van der Waals surface area contributed by atoms with E-state index in [0.29, 0.717) is 0 Å². The summed E-state index contributed by atoms with van der Waals surface area (Å²) in [5.41, 5.74) is 0. The van der Waals surface area contributed by atoms with Crippen molar-refractivity contribution < 1.29 is 9.90 Å². The van der Waals surface area contributed by atoms with Crippen LogP contribution in [0, 0.1) is 0 Å². The SMILES string of the molecule is CCCCCCc1cccs1.O=CO. The Balaban J connectivity index is 0.000000500. The van der Waals surface area contributed by atoms with Crippen LogP contribution in [0.15, 0.2) is 17.5 Å². The molecular formula is C11H18O2S. The van der Waals surface area contributed by atoms with E-state index in [1.54, 1.807) is 4.88 Å². The molecule has 0 aliphatic heterocycles. The van der Waals surface area contributed by atoms with Gasteiger partial charge < -0.3 is 5.11 Å². The predicted molar refractivity (Wildman–Crippen MR) is 60.9 cm³/mol. The van der Waals surface area contributed by atoms with Gasteiger partial charge in [-0.05, 0) is 24.3 Å². The Labute approximate surface area is 89.6 Å². The lowest BCUT2D eigenvalue weighted by Gasteiger charge is -1.95. The molecule has 1 heterocycles. The number of rotatable bonds is 5. The number of carboxylic acid groups (broad SMARTS) is 1. The molecule has 1 aromatic rings. The van der Waals surface area contributed by atoms with Crippen molar-refractivity contribution in [1.29, 1.82) is 0 Å². The van der Waals surface area contributed by atoms with Crippen LogP contribution in [0.3, 0.4) is 0 Å². The number of hydrogen-bond donors (Lipinski definition) is 1. The average Bonchev–Trinajstić information content (AvgIpc) is 2.66. The summed E-state index contributed by atoms with van der Waals surface area (Å²) in [5, 5.41) is 9.05. The summed E-state index contributed by atoms with van der Waals surface area (Å²) >= 11 is 1.88. The van der Waals surface area contributed by atoms with Crippen molar-refractivity contribution in [1.82, 2.24) is 0 Å². The van der Waals surface area contributed by atoms with E-state index < -0.39 is 0 Å². The van der Waals surface area contributed by atoms with Crippen molar-refractivity contribution in [3.8, 4) is 0 Å². The summed E-state index contributed by atoms with van der Waals surface area (Å²) in [6, 6.07) is 4.37. The van der Waals surface area contributed by atoms with Gasteiger partial charge in [-0.15, -0.1) is 11.3 Å². The molecule has 0 amide bonds. The Kier molecular flexibility index (Phi) is 9.64. The summed E-state index contributed by atoms with van der Waals surface area (Å²) in [5.74, 6) is 0. The molecule has 1 aromatic heterocycles. The first kappa shape index (κ1) is 13.2. The summed E-state index contributed by atoms with van der Waals surface area (Å²) in [6.07, 6.45) is 6.79. The van der Waals surface area contributed by atoms with Gasteiger partial charge in [-0.25, -0.2) is 0 Å². The van der Waals surface area contributed by atoms with Crippen LogP contribution in [0.5, 0.6) is 0 Å². The van der Waals surface area contributed by atoms with Crippen molar-refractivity contribution in [2.24, 2.45) is 0 Å². The molecule has 0 aromatic carbocycles. The van der Waals surface area contributed by atoms with Crippen LogP contribution >= 0.6 is 11.3 Å². The second-order valence-electron chi connectivity index (χ2n) is 3.00. The van der Waals surface area contributed by atoms with Crippen LogP contribution in [-0.4, -0.2) is 11.6 Å². The van der Waals surface area contributed by atoms with Crippen molar-refractivity contribution in [3.05, 3.63) is 22.4 Å². The fourth-order valence-corrected chi connectivity index (χ4v) is 1.93. The van der Waals surface area contributed by atoms with E-state index in [1.165, 1.54) is 32.1 Å². The lowest BCUT2D eigenvalue weighted by atomic mass is 10.1. The highest BCUT2D eigenvalue weighted by molar-refractivity contribution is 7.09. The van der Waals surface area contributed by atoms with E-state index in [9.17, 15) is 0 Å². The number of aryl methyl sites for hydroxylation is 1. The van der Waals surface area contributed by atoms with E-state index in [4.69, 9.17) is 9.90 Å². The fourth-order valence-electron chi connectivity index (χ4n) is 1.18. The Hall–Kier alpha value is -0.830. The Morgan fingerprint density at radius 2 is 2.14 bits per heavy atom. The standard InChI is InChI=1S/C10H16S.CH2O2/c1-2-3-4-5-7-10-8-6-9-11-10;2-1-3/h6,8-9H,2-5,7H2,1H3;1H,(H,2,3). The largest absolute Gasteiger partial charge is 0.483 e. The van der Waals surface area contributed by atoms with Crippen LogP contribution in [0.1, 0.15) is 37.5 Å². The molecule has 0 unspecified atom stereocenters. The third-order valence-electron chi connectivity index (χ3n) is 1.86. The molecule has 1 rings (SSSR count). The van der Waals surface area contributed by atoms with Gasteiger partial charge in [0.15, 0.2) is 0 Å². The van der Waals surface area contributed by atoms with Gasteiger partial charge in [0.05, 0.1) is 0 Å². The number of thiophene rings is 1. The minimum absolute atomic E-state index is 0.250. The van der Waals surface area contributed by atoms with Crippen LogP contribution < -0.4 is 0 Å². The molecule has 0 aliphatic rings. The Bertz CT molecular complexity index is 207. The molecule has 80 valence electrons. The summed E-state index contributed by atoms with van der Waals surface area (Å²) in [6.45, 7) is 2.01. The monoisotopic (exact) mass is 214 g/mol. The van der Waals surface area contributed by atoms with E-state index in [0.717, 1.165) is 0 Å². The third-order valence-corrected chi connectivity index (χ3v) is 2.79. The quantitative estimate of drug-likeness (QED) is 0.601. The molecule has 0 spiro atoms. The van der Waals surface area contributed by atoms with Crippen LogP contribution in [0.25, 0.3) is 0 Å². The maximum absolute atomic E-state index is 8.36. The van der Waals surface area contributed by atoms with Gasteiger partial charge >= 0.3 is 0 Å². The molecule has 0 aliphatic carbocycles. The Morgan fingerprint density at radius 1 is 1.43 bits per heavy atom. The van der Waals surface area contributed by atoms with Crippen molar-refractivity contribution in [3.63, 3.8) is 0 Å². The zero-order chi connectivity index (χ0) is 10.6. The second-order valence-corrected chi connectivity index (χ2v) is 4.03. The van der Waals surface area contributed by atoms with Crippen LogP contribution in [0.2, 0.25) is 0 Å². The molecule has 0 radical (unpaired) electrons. The first-order valence-corrected chi connectivity index (χ1v) is 5.83. The van der Waals surface area contributed by atoms with Gasteiger partial charge in [0.25, 0.3) is 6.47 Å². The minimum atomic E-state index is -0.250. The van der Waals surface area contributed by atoms with E-state index in [1.807, 2.05) is 11.3 Å². The van der Waals surface area contributed by atoms with Gasteiger partial charge in [-0.2, -0.15) is 0 Å². The maximum atomic E-state index is 8.36. The van der Waals surface area contributed by atoms with Crippen LogP contribution in [-0.2, 0) is 11.2 Å². The number of carbonyl (C=O) groups is 1. The maximum Gasteiger partial charge on any atom is 0.290 e. The van der Waals surface area contributed by atoms with Crippen molar-refractivity contribution >= 4 is 17.8 Å². The molecule has 0 saturated heterocycles. The first-order chi connectivity index (χ1) is 6.85. The molecule has 3 heteroatoms. The highest BCUT2D eigenvalue weighted by atomic mass is 32.1. The van der Waals surface area contributed by atoms with Crippen molar-refractivity contribution in [2.45, 2.75) is 39.0 Å². The Morgan fingerprint density at radius 3 is 2.64 bits per heavy atom. The molecule has 0 atom stereocenters. The lowest BCUT2D eigenvalue weighted by molar-refractivity contribution is -0.122. The normalized spacial score (nSPS) is 8.93. The summed E-state index contributed by atoms with van der Waals surface area (Å²) in [4.78, 5) is 9.90. The highest BCUT2D eigenvalue weighted by Crippen LogP contribution is 2.12. The van der Waals surface area contributed by atoms with Gasteiger partial charge in [-0.1, -0.05) is 32.3 Å². The fraction of sp³-hybridized carbons (Fsp3) is 0.545. The van der Waals surface area contributed by atoms with Gasteiger partial charge in [0, 0.05) is 4.88 Å². The van der Waals surface area contributed by atoms with Gasteiger partial charge in [0.2, 0.25) is 0 Å². The molecular weight excluding hydrogens is 196 g/mol. The van der Waals surface area contributed by atoms with E-state index in [-0.39, 0.29) is 6.47 Å². The van der Waals surface area contributed by atoms with E-state index in [2.05, 4.69) is 24.4 Å². The molecule has 1 N–H and O–H groups in total. The predicted octanol–water partition coefficient (Wildman–Crippen LogP) is 3.57. The molecule has 0 fully saturated rings. The topological polar surface area (TPSA) is 37.3 Å². The number of hydrogen-bond acceptors (Lipinski definition) is 2. The van der Waals surface area contributed by atoms with Crippen molar-refractivity contribution in [2.75, 3.05) is 0 Å². The van der Waals surface area contributed by atoms with E-state index >= 15 is 0 Å². The smallest absolute Gasteiger partial charge is 0.290 e. The lowest BCUT2D eigenvalue weighted by Crippen LogP contribution is -1.80. The zero-order valence-corrected chi connectivity index (χ0v) is 9.43. The molecule has 2 nitrogen and oxygen atoms in total. The molecule has 0 saturated carbocycles. The van der Waals surface area contributed by atoms with Gasteiger partial charge in [0.1, 0.15) is 0 Å². The highest BCUT2D eigenvalue weighted by Gasteiger charge is 1.92. The first-order valence-electron chi connectivity index (χ1n) is 4.95. The van der Waals surface area contributed by atoms with Gasteiger partial charge in [-0.3, -0.25) is 4.79 Å².